The standard InChI is InChI=1S/C30H23N5O.C7H8O3S.C4H11N5/c1-30(2,18-31)22-9-11-23(12-10-22)35-28-24-15-19(21-14-20-6-4-5-7-25(20)32-16-21)8-13-26(24)33-17-27(28)34(3)29(35)36;1-6-2-4-7(5-3-6)11(8,9)10;1-9(2)4(7)8-3(5)6/h4-17H,1-3H3;2-5H,1H3,(H,8,9,10);1-2H3,(H5,5,6,7,8). The quantitative estimate of drug-likeness (QED) is 0.0944. The molecule has 0 spiro atoms. The zero-order valence-corrected chi connectivity index (χ0v) is 32.6. The molecule has 0 aliphatic rings. The van der Waals surface area contributed by atoms with Gasteiger partial charge in [0.05, 0.1) is 50.3 Å². The largest absolute Gasteiger partial charge is 0.370 e. The summed E-state index contributed by atoms with van der Waals surface area (Å²) in [6.45, 7) is 5.61. The van der Waals surface area contributed by atoms with Crippen LogP contribution in [0.1, 0.15) is 25.0 Å². The van der Waals surface area contributed by atoms with E-state index < -0.39 is 15.5 Å². The van der Waals surface area contributed by atoms with Crippen LogP contribution >= 0.6 is 0 Å². The van der Waals surface area contributed by atoms with Crippen LogP contribution in [0.25, 0.3) is 49.7 Å². The molecule has 6 N–H and O–H groups in total. The third-order valence-corrected chi connectivity index (χ3v) is 9.78. The van der Waals surface area contributed by atoms with Crippen LogP contribution in [-0.4, -0.2) is 63.0 Å². The lowest BCUT2D eigenvalue weighted by molar-refractivity contribution is 0.483. The molecule has 0 aliphatic heterocycles. The molecular weight excluding hydrogens is 729 g/mol. The molecule has 286 valence electrons. The molecule has 3 aromatic heterocycles. The lowest BCUT2D eigenvalue weighted by atomic mass is 9.86. The highest BCUT2D eigenvalue weighted by atomic mass is 32.2. The van der Waals surface area contributed by atoms with E-state index in [-0.39, 0.29) is 22.5 Å². The third-order valence-electron chi connectivity index (χ3n) is 8.91. The zero-order valence-electron chi connectivity index (χ0n) is 31.8. The first-order chi connectivity index (χ1) is 26.4. The van der Waals surface area contributed by atoms with E-state index in [2.05, 4.69) is 39.2 Å². The minimum atomic E-state index is -4.02. The number of aliphatic imine (C=N–C) groups is 1. The molecule has 0 fully saturated rings. The first-order valence-electron chi connectivity index (χ1n) is 17.2. The van der Waals surface area contributed by atoms with E-state index in [1.807, 2.05) is 81.6 Å². The Labute approximate surface area is 324 Å². The van der Waals surface area contributed by atoms with Gasteiger partial charge >= 0.3 is 5.69 Å². The number of para-hydroxylation sites is 1. The van der Waals surface area contributed by atoms with Crippen LogP contribution in [-0.2, 0) is 22.6 Å². The smallest absolute Gasteiger partial charge is 0.333 e. The Kier molecular flexibility index (Phi) is 11.7. The number of nitrogens with zero attached hydrogens (tertiary/aromatic N) is 7. The topological polar surface area (TPSA) is 222 Å². The maximum Gasteiger partial charge on any atom is 0.333 e. The fourth-order valence-corrected chi connectivity index (χ4v) is 6.15. The fraction of sp³-hybridized carbons (Fsp3) is 0.171. The average molecular weight is 771 g/mol. The molecular formula is C41H42N10O4S. The molecule has 0 atom stereocenters. The van der Waals surface area contributed by atoms with Crippen LogP contribution < -0.4 is 17.2 Å². The van der Waals surface area contributed by atoms with Gasteiger partial charge in [-0.1, -0.05) is 54.1 Å². The summed E-state index contributed by atoms with van der Waals surface area (Å²) >= 11 is 0. The number of benzene rings is 4. The Balaban J connectivity index is 0.000000246. The van der Waals surface area contributed by atoms with Crippen LogP contribution in [0.4, 0.5) is 0 Å². The zero-order chi connectivity index (χ0) is 40.9. The maximum absolute atomic E-state index is 13.4. The number of fused-ring (bicyclic) bond motifs is 4. The molecule has 0 bridgehead atoms. The number of hydrogen-bond donors (Lipinski definition) is 4. The second-order valence-corrected chi connectivity index (χ2v) is 15.1. The van der Waals surface area contributed by atoms with Gasteiger partial charge in [-0.2, -0.15) is 18.7 Å². The van der Waals surface area contributed by atoms with Crippen molar-refractivity contribution in [1.29, 1.82) is 10.7 Å². The number of guanidine groups is 2. The lowest BCUT2D eigenvalue weighted by Crippen LogP contribution is -2.28. The number of nitrogens with one attached hydrogen (secondary N) is 1. The van der Waals surface area contributed by atoms with E-state index in [1.165, 1.54) is 17.0 Å². The average Bonchev–Trinajstić information content (AvgIpc) is 3.43. The predicted octanol–water partition coefficient (Wildman–Crippen LogP) is 5.89. The Bertz CT molecular complexity index is 2810. The number of hydrogen-bond acceptors (Lipinski definition) is 7. The number of nitrogens with two attached hydrogens (primary N) is 2. The van der Waals surface area contributed by atoms with Gasteiger partial charge in [-0.25, -0.2) is 4.79 Å². The van der Waals surface area contributed by atoms with Crippen molar-refractivity contribution in [3.05, 3.63) is 131 Å². The summed E-state index contributed by atoms with van der Waals surface area (Å²) in [6, 6.07) is 32.2. The molecule has 7 rings (SSSR count). The number of aryl methyl sites for hydroxylation is 2. The van der Waals surface area contributed by atoms with E-state index >= 15 is 0 Å². The molecule has 0 radical (unpaired) electrons. The van der Waals surface area contributed by atoms with Crippen LogP contribution in [0, 0.1) is 23.7 Å². The van der Waals surface area contributed by atoms with Crippen molar-refractivity contribution in [2.45, 2.75) is 31.1 Å². The number of imidazole rings is 1. The normalized spacial score (nSPS) is 11.2. The van der Waals surface area contributed by atoms with Crippen molar-refractivity contribution < 1.29 is 13.0 Å². The van der Waals surface area contributed by atoms with Crippen molar-refractivity contribution in [2.24, 2.45) is 23.5 Å². The van der Waals surface area contributed by atoms with Gasteiger partial charge < -0.3 is 16.4 Å². The Morgan fingerprint density at radius 3 is 2.14 bits per heavy atom. The summed E-state index contributed by atoms with van der Waals surface area (Å²) in [5.41, 5.74) is 17.1. The first kappa shape index (κ1) is 40.3. The minimum Gasteiger partial charge on any atom is -0.370 e. The van der Waals surface area contributed by atoms with E-state index in [0.29, 0.717) is 0 Å². The van der Waals surface area contributed by atoms with Gasteiger partial charge in [0.15, 0.2) is 5.96 Å². The van der Waals surface area contributed by atoms with Gasteiger partial charge in [0, 0.05) is 43.7 Å². The van der Waals surface area contributed by atoms with Crippen LogP contribution in [0.3, 0.4) is 0 Å². The van der Waals surface area contributed by atoms with Crippen molar-refractivity contribution in [3.63, 3.8) is 0 Å². The third kappa shape index (κ3) is 8.90. The molecule has 3 heterocycles. The summed E-state index contributed by atoms with van der Waals surface area (Å²) < 4.78 is 32.9. The van der Waals surface area contributed by atoms with Crippen molar-refractivity contribution in [2.75, 3.05) is 14.1 Å². The van der Waals surface area contributed by atoms with Crippen LogP contribution in [0.15, 0.2) is 124 Å². The molecule has 0 amide bonds. The van der Waals surface area contributed by atoms with E-state index in [0.717, 1.165) is 60.8 Å². The monoisotopic (exact) mass is 770 g/mol. The SMILES string of the molecule is CN(C)C(=N)N=C(N)N.Cc1ccc(S(=O)(=O)O)cc1.Cn1c(=O)n(-c2ccc(C(C)(C)C#N)cc2)c2c3cc(-c4cnc5ccccc5c4)ccc3ncc21. The van der Waals surface area contributed by atoms with E-state index in [1.54, 1.807) is 48.6 Å². The summed E-state index contributed by atoms with van der Waals surface area (Å²) in [5.74, 6) is -0.0382. The van der Waals surface area contributed by atoms with Gasteiger partial charge in [0.25, 0.3) is 10.1 Å². The van der Waals surface area contributed by atoms with E-state index in [4.69, 9.17) is 21.4 Å². The molecule has 4 aromatic carbocycles. The Morgan fingerprint density at radius 2 is 1.55 bits per heavy atom. The molecule has 15 heteroatoms. The van der Waals surface area contributed by atoms with Crippen molar-refractivity contribution in [1.82, 2.24) is 24.0 Å². The van der Waals surface area contributed by atoms with Crippen LogP contribution in [0.2, 0.25) is 0 Å². The second-order valence-electron chi connectivity index (χ2n) is 13.6. The summed E-state index contributed by atoms with van der Waals surface area (Å²) in [6.07, 6.45) is 3.63. The minimum absolute atomic E-state index is 0.0509. The Hall–Kier alpha value is -6.89. The molecule has 0 aliphatic carbocycles. The first-order valence-corrected chi connectivity index (χ1v) is 18.6. The summed E-state index contributed by atoms with van der Waals surface area (Å²) in [7, 11) is 1.12. The Morgan fingerprint density at radius 1 is 0.911 bits per heavy atom. The summed E-state index contributed by atoms with van der Waals surface area (Å²) in [4.78, 5) is 27.6. The predicted molar refractivity (Wildman–Crippen MR) is 221 cm³/mol. The van der Waals surface area contributed by atoms with Crippen molar-refractivity contribution >= 4 is 54.9 Å². The van der Waals surface area contributed by atoms with Crippen molar-refractivity contribution in [3.8, 4) is 22.9 Å². The van der Waals surface area contributed by atoms with Gasteiger partial charge in [-0.05, 0) is 80.4 Å². The highest BCUT2D eigenvalue weighted by Gasteiger charge is 2.21. The molecule has 0 saturated heterocycles. The number of rotatable bonds is 4. The van der Waals surface area contributed by atoms with Gasteiger partial charge in [-0.3, -0.25) is 29.1 Å². The number of nitriles is 1. The molecule has 7 aromatic rings. The highest BCUT2D eigenvalue weighted by Crippen LogP contribution is 2.31. The van der Waals surface area contributed by atoms with Gasteiger partial charge in [0.1, 0.15) is 0 Å². The highest BCUT2D eigenvalue weighted by molar-refractivity contribution is 7.85. The molecule has 14 nitrogen and oxygen atoms in total. The fourth-order valence-electron chi connectivity index (χ4n) is 5.67. The number of pyridine rings is 2. The number of aromatic nitrogens is 4. The van der Waals surface area contributed by atoms with Gasteiger partial charge in [-0.15, -0.1) is 0 Å². The molecule has 0 unspecified atom stereocenters. The van der Waals surface area contributed by atoms with Gasteiger partial charge in [0.2, 0.25) is 5.96 Å². The molecule has 0 saturated carbocycles. The van der Waals surface area contributed by atoms with E-state index in [9.17, 15) is 18.5 Å². The van der Waals surface area contributed by atoms with Crippen LogP contribution in [0.5, 0.6) is 0 Å². The second kappa shape index (κ2) is 16.2. The summed E-state index contributed by atoms with van der Waals surface area (Å²) in [5, 5.41) is 18.5. The lowest BCUT2D eigenvalue weighted by Gasteiger charge is -2.16. The molecule has 56 heavy (non-hydrogen) atoms. The maximum atomic E-state index is 13.4.